The van der Waals surface area contributed by atoms with Crippen molar-refractivity contribution in [3.05, 3.63) is 17.0 Å². The highest BCUT2D eigenvalue weighted by Gasteiger charge is 2.42. The lowest BCUT2D eigenvalue weighted by atomic mass is 10.0. The van der Waals surface area contributed by atoms with Crippen LogP contribution in [0.1, 0.15) is 18.2 Å². The number of nitrogens with zero attached hydrogens (tertiary/aromatic N) is 1. The van der Waals surface area contributed by atoms with Gasteiger partial charge in [-0.1, -0.05) is 0 Å². The number of aryl methyl sites for hydroxylation is 1. The second-order valence-electron chi connectivity index (χ2n) is 4.45. The first kappa shape index (κ1) is 13.5. The minimum atomic E-state index is -3.54. The van der Waals surface area contributed by atoms with Crippen molar-refractivity contribution < 1.29 is 18.3 Å². The van der Waals surface area contributed by atoms with Gasteiger partial charge >= 0.3 is 5.97 Å². The predicted molar refractivity (Wildman–Crippen MR) is 68.2 cm³/mol. The summed E-state index contributed by atoms with van der Waals surface area (Å²) in [6.07, 6.45) is 0.375. The minimum absolute atomic E-state index is 0.275. The fraction of sp³-hybridized carbons (Fsp3) is 0.545. The third kappa shape index (κ3) is 2.17. The highest BCUT2D eigenvalue weighted by molar-refractivity contribution is 7.91. The van der Waals surface area contributed by atoms with Crippen molar-refractivity contribution >= 4 is 27.3 Å². The Morgan fingerprint density at radius 1 is 1.50 bits per heavy atom. The number of rotatable bonds is 3. The number of hydrogen-bond donors (Lipinski definition) is 1. The molecule has 7 heteroatoms. The second kappa shape index (κ2) is 4.64. The molecule has 0 radical (unpaired) electrons. The summed E-state index contributed by atoms with van der Waals surface area (Å²) in [6.45, 7) is 3.78. The second-order valence-corrected chi connectivity index (χ2v) is 7.86. The molecule has 1 fully saturated rings. The average Bonchev–Trinajstić information content (AvgIpc) is 2.84. The molecule has 0 spiro atoms. The summed E-state index contributed by atoms with van der Waals surface area (Å²) >= 11 is 1.22. The zero-order valence-corrected chi connectivity index (χ0v) is 11.8. The van der Waals surface area contributed by atoms with E-state index in [1.165, 1.54) is 15.6 Å². The van der Waals surface area contributed by atoms with E-state index in [0.717, 1.165) is 4.88 Å². The van der Waals surface area contributed by atoms with Gasteiger partial charge in [-0.25, -0.2) is 8.42 Å². The first-order valence-electron chi connectivity index (χ1n) is 5.65. The molecule has 1 aromatic rings. The van der Waals surface area contributed by atoms with Crippen LogP contribution in [0, 0.1) is 12.8 Å². The van der Waals surface area contributed by atoms with Crippen molar-refractivity contribution in [2.45, 2.75) is 30.5 Å². The van der Waals surface area contributed by atoms with Gasteiger partial charge in [-0.05, 0) is 32.4 Å². The van der Waals surface area contributed by atoms with E-state index in [-0.39, 0.29) is 10.8 Å². The largest absolute Gasteiger partial charge is 0.481 e. The smallest absolute Gasteiger partial charge is 0.308 e. The first-order valence-corrected chi connectivity index (χ1v) is 7.91. The number of thiophene rings is 1. The fourth-order valence-electron chi connectivity index (χ4n) is 2.25. The summed E-state index contributed by atoms with van der Waals surface area (Å²) in [4.78, 5) is 11.9. The molecule has 1 aliphatic heterocycles. The van der Waals surface area contributed by atoms with Gasteiger partial charge < -0.3 is 5.11 Å². The molecule has 2 atom stereocenters. The number of sulfonamides is 1. The minimum Gasteiger partial charge on any atom is -0.481 e. The van der Waals surface area contributed by atoms with E-state index < -0.39 is 28.0 Å². The number of aliphatic carboxylic acids is 1. The van der Waals surface area contributed by atoms with E-state index in [0.29, 0.717) is 6.42 Å². The molecule has 18 heavy (non-hydrogen) atoms. The summed E-state index contributed by atoms with van der Waals surface area (Å²) in [5.41, 5.74) is 0. The Labute approximate surface area is 110 Å². The Balaban J connectivity index is 2.30. The molecule has 1 aromatic heterocycles. The zero-order valence-electron chi connectivity index (χ0n) is 10.2. The maximum Gasteiger partial charge on any atom is 0.308 e. The van der Waals surface area contributed by atoms with Crippen molar-refractivity contribution in [1.29, 1.82) is 0 Å². The van der Waals surface area contributed by atoms with Crippen molar-refractivity contribution in [2.24, 2.45) is 5.92 Å². The van der Waals surface area contributed by atoms with E-state index in [1.807, 2.05) is 6.92 Å². The number of carboxylic acids is 1. The molecule has 2 unspecified atom stereocenters. The Bertz CT molecular complexity index is 563. The van der Waals surface area contributed by atoms with Gasteiger partial charge in [0.25, 0.3) is 10.0 Å². The predicted octanol–water partition coefficient (Wildman–Crippen LogP) is 1.54. The van der Waals surface area contributed by atoms with Crippen LogP contribution < -0.4 is 0 Å². The van der Waals surface area contributed by atoms with Gasteiger partial charge in [-0.15, -0.1) is 11.3 Å². The summed E-state index contributed by atoms with van der Waals surface area (Å²) in [6, 6.07) is 2.85. The summed E-state index contributed by atoms with van der Waals surface area (Å²) in [5.74, 6) is -1.54. The Morgan fingerprint density at radius 3 is 2.61 bits per heavy atom. The molecule has 1 N–H and O–H groups in total. The van der Waals surface area contributed by atoms with E-state index in [2.05, 4.69) is 0 Å². The van der Waals surface area contributed by atoms with Gasteiger partial charge in [0.1, 0.15) is 4.21 Å². The van der Waals surface area contributed by atoms with Crippen LogP contribution in [0.25, 0.3) is 0 Å². The molecule has 1 saturated heterocycles. The monoisotopic (exact) mass is 289 g/mol. The third-order valence-electron chi connectivity index (χ3n) is 3.29. The molecule has 100 valence electrons. The maximum absolute atomic E-state index is 12.4. The van der Waals surface area contributed by atoms with Crippen molar-refractivity contribution in [3.63, 3.8) is 0 Å². The van der Waals surface area contributed by atoms with Gasteiger partial charge in [0, 0.05) is 17.5 Å². The van der Waals surface area contributed by atoms with Crippen LogP contribution in [0.5, 0.6) is 0 Å². The third-order valence-corrected chi connectivity index (χ3v) is 6.75. The lowest BCUT2D eigenvalue weighted by Gasteiger charge is -2.21. The van der Waals surface area contributed by atoms with Crippen LogP contribution in [-0.4, -0.2) is 36.4 Å². The molecule has 0 saturated carbocycles. The van der Waals surface area contributed by atoms with Crippen LogP contribution in [0.3, 0.4) is 0 Å². The van der Waals surface area contributed by atoms with Gasteiger partial charge in [-0.3, -0.25) is 4.79 Å². The molecular weight excluding hydrogens is 274 g/mol. The molecule has 5 nitrogen and oxygen atoms in total. The lowest BCUT2D eigenvalue weighted by molar-refractivity contribution is -0.142. The van der Waals surface area contributed by atoms with Crippen LogP contribution >= 0.6 is 11.3 Å². The van der Waals surface area contributed by atoms with E-state index in [1.54, 1.807) is 19.1 Å². The number of hydrogen-bond acceptors (Lipinski definition) is 4. The quantitative estimate of drug-likeness (QED) is 0.916. The average molecular weight is 289 g/mol. The first-order chi connectivity index (χ1) is 8.34. The molecule has 1 aliphatic rings. The number of carbonyl (C=O) groups is 1. The van der Waals surface area contributed by atoms with Gasteiger partial charge in [0.2, 0.25) is 0 Å². The molecule has 2 rings (SSSR count). The molecule has 2 heterocycles. The highest BCUT2D eigenvalue weighted by Crippen LogP contribution is 2.32. The topological polar surface area (TPSA) is 74.7 Å². The Hall–Kier alpha value is -0.920. The van der Waals surface area contributed by atoms with Crippen molar-refractivity contribution in [3.8, 4) is 0 Å². The Morgan fingerprint density at radius 2 is 2.17 bits per heavy atom. The van der Waals surface area contributed by atoms with E-state index >= 15 is 0 Å². The number of carboxylic acid groups (broad SMARTS) is 1. The van der Waals surface area contributed by atoms with E-state index in [9.17, 15) is 13.2 Å². The zero-order chi connectivity index (χ0) is 13.5. The van der Waals surface area contributed by atoms with Gasteiger partial charge in [-0.2, -0.15) is 4.31 Å². The van der Waals surface area contributed by atoms with Crippen molar-refractivity contribution in [2.75, 3.05) is 6.54 Å². The van der Waals surface area contributed by atoms with Crippen LogP contribution in [0.4, 0.5) is 0 Å². The lowest BCUT2D eigenvalue weighted by Crippen LogP contribution is -2.37. The normalized spacial score (nSPS) is 25.4. The van der Waals surface area contributed by atoms with Crippen LogP contribution in [-0.2, 0) is 14.8 Å². The molecule has 0 amide bonds. The standard InChI is InChI=1S/C11H15NO4S2/c1-7-3-4-10(17-7)18(15,16)12-6-5-9(8(12)2)11(13)14/h3-4,8-9H,5-6H2,1-2H3,(H,13,14). The maximum atomic E-state index is 12.4. The molecule has 0 aliphatic carbocycles. The van der Waals surface area contributed by atoms with Crippen LogP contribution in [0.2, 0.25) is 0 Å². The molecular formula is C11H15NO4S2. The van der Waals surface area contributed by atoms with Gasteiger partial charge in [0.15, 0.2) is 0 Å². The summed E-state index contributed by atoms with van der Waals surface area (Å²) in [5, 5.41) is 9.02. The molecule has 0 aromatic carbocycles. The van der Waals surface area contributed by atoms with Crippen molar-refractivity contribution in [1.82, 2.24) is 4.31 Å². The highest BCUT2D eigenvalue weighted by atomic mass is 32.2. The SMILES string of the molecule is Cc1ccc(S(=O)(=O)N2CCC(C(=O)O)C2C)s1. The van der Waals surface area contributed by atoms with E-state index in [4.69, 9.17) is 5.11 Å². The molecule has 0 bridgehead atoms. The Kier molecular flexibility index (Phi) is 3.48. The summed E-state index contributed by atoms with van der Waals surface area (Å²) in [7, 11) is -3.54. The summed E-state index contributed by atoms with van der Waals surface area (Å²) < 4.78 is 26.3. The van der Waals surface area contributed by atoms with Gasteiger partial charge in [0.05, 0.1) is 5.92 Å². The fourth-order valence-corrected chi connectivity index (χ4v) is 5.34. The van der Waals surface area contributed by atoms with Crippen LogP contribution in [0.15, 0.2) is 16.3 Å².